The lowest BCUT2D eigenvalue weighted by Gasteiger charge is -2.18. The Balaban J connectivity index is 1.44. The fourth-order valence-corrected chi connectivity index (χ4v) is 4.13. The molecule has 2 N–H and O–H groups in total. The van der Waals surface area contributed by atoms with Gasteiger partial charge in [-0.2, -0.15) is 13.2 Å². The number of benzene rings is 3. The highest BCUT2D eigenvalue weighted by Crippen LogP contribution is 2.33. The van der Waals surface area contributed by atoms with Crippen molar-refractivity contribution < 1.29 is 32.3 Å². The largest absolute Gasteiger partial charge is 0.496 e. The summed E-state index contributed by atoms with van der Waals surface area (Å²) in [6, 6.07) is 18.1. The number of anilines is 2. The van der Waals surface area contributed by atoms with Crippen molar-refractivity contribution >= 4 is 29.1 Å². The first kappa shape index (κ1) is 25.7. The van der Waals surface area contributed by atoms with E-state index in [-0.39, 0.29) is 36.4 Å². The number of amides is 3. The average Bonchev–Trinajstić information content (AvgIpc) is 3.29. The first-order chi connectivity index (χ1) is 17.7. The summed E-state index contributed by atoms with van der Waals surface area (Å²) in [5.41, 5.74) is 0.462. The van der Waals surface area contributed by atoms with Crippen molar-refractivity contribution in [1.29, 1.82) is 0 Å². The third-order valence-corrected chi connectivity index (χ3v) is 6.04. The highest BCUT2D eigenvalue weighted by molar-refractivity contribution is 6.07. The van der Waals surface area contributed by atoms with Crippen LogP contribution in [-0.4, -0.2) is 31.4 Å². The molecule has 0 saturated carbocycles. The molecule has 1 atom stereocenters. The number of hydrogen-bond donors (Lipinski definition) is 2. The summed E-state index contributed by atoms with van der Waals surface area (Å²) in [7, 11) is 1.54. The van der Waals surface area contributed by atoms with Gasteiger partial charge in [0.25, 0.3) is 5.91 Å². The highest BCUT2D eigenvalue weighted by atomic mass is 19.4. The second-order valence-corrected chi connectivity index (χ2v) is 8.48. The number of rotatable bonds is 7. The van der Waals surface area contributed by atoms with Gasteiger partial charge in [0, 0.05) is 30.8 Å². The van der Waals surface area contributed by atoms with Crippen molar-refractivity contribution in [3.05, 3.63) is 89.5 Å². The number of nitrogens with zero attached hydrogens (tertiary/aromatic N) is 1. The lowest BCUT2D eigenvalue weighted by molar-refractivity contribution is -0.137. The Hall–Kier alpha value is -4.34. The van der Waals surface area contributed by atoms with Crippen LogP contribution in [0.25, 0.3) is 0 Å². The van der Waals surface area contributed by atoms with Gasteiger partial charge in [-0.15, -0.1) is 0 Å². The van der Waals surface area contributed by atoms with E-state index in [1.165, 1.54) is 24.1 Å². The maximum Gasteiger partial charge on any atom is 0.416 e. The fourth-order valence-electron chi connectivity index (χ4n) is 4.13. The van der Waals surface area contributed by atoms with Crippen LogP contribution in [0, 0.1) is 5.92 Å². The van der Waals surface area contributed by atoms with Crippen molar-refractivity contribution in [1.82, 2.24) is 5.32 Å². The van der Waals surface area contributed by atoms with Gasteiger partial charge >= 0.3 is 6.18 Å². The number of halogens is 3. The van der Waals surface area contributed by atoms with Crippen LogP contribution in [0.5, 0.6) is 5.75 Å². The summed E-state index contributed by atoms with van der Waals surface area (Å²) in [6.45, 7) is 0.127. The summed E-state index contributed by atoms with van der Waals surface area (Å²) in [6.07, 6.45) is -4.71. The van der Waals surface area contributed by atoms with Crippen molar-refractivity contribution in [2.75, 3.05) is 23.9 Å². The minimum atomic E-state index is -4.55. The molecule has 0 bridgehead atoms. The van der Waals surface area contributed by atoms with E-state index < -0.39 is 35.4 Å². The minimum Gasteiger partial charge on any atom is -0.496 e. The van der Waals surface area contributed by atoms with Gasteiger partial charge in [-0.25, -0.2) is 0 Å². The third kappa shape index (κ3) is 5.91. The molecular formula is C27H24F3N3O4. The second kappa shape index (κ2) is 10.7. The number of carbonyl (C=O) groups excluding carboxylic acids is 3. The number of ether oxygens (including phenoxy) is 1. The molecule has 0 aliphatic carbocycles. The number of alkyl halides is 3. The van der Waals surface area contributed by atoms with Gasteiger partial charge in [0.05, 0.1) is 29.8 Å². The topological polar surface area (TPSA) is 87.7 Å². The molecule has 37 heavy (non-hydrogen) atoms. The lowest BCUT2D eigenvalue weighted by atomic mass is 10.1. The van der Waals surface area contributed by atoms with Crippen LogP contribution in [0.15, 0.2) is 72.8 Å². The van der Waals surface area contributed by atoms with Crippen molar-refractivity contribution in [3.8, 4) is 5.75 Å². The number of hydrogen-bond acceptors (Lipinski definition) is 4. The summed E-state index contributed by atoms with van der Waals surface area (Å²) >= 11 is 0. The Kier molecular flexibility index (Phi) is 7.47. The first-order valence-corrected chi connectivity index (χ1v) is 11.4. The van der Waals surface area contributed by atoms with Gasteiger partial charge in [0.1, 0.15) is 5.75 Å². The van der Waals surface area contributed by atoms with Crippen molar-refractivity contribution in [3.63, 3.8) is 0 Å². The SMILES string of the molecule is COc1ccccc1CNC(=O)c1ccccc1NC(=O)[C@@H]1CC(=O)N(c2cccc(C(F)(F)F)c2)C1. The molecule has 0 radical (unpaired) electrons. The zero-order valence-electron chi connectivity index (χ0n) is 19.8. The number of methoxy groups -OCH3 is 1. The predicted molar refractivity (Wildman–Crippen MR) is 131 cm³/mol. The minimum absolute atomic E-state index is 0.0752. The van der Waals surface area contributed by atoms with E-state index in [0.717, 1.165) is 17.7 Å². The van der Waals surface area contributed by atoms with Crippen LogP contribution in [0.2, 0.25) is 0 Å². The molecule has 1 aliphatic heterocycles. The Labute approximate surface area is 211 Å². The molecule has 7 nitrogen and oxygen atoms in total. The van der Waals surface area contributed by atoms with Gasteiger partial charge in [-0.1, -0.05) is 36.4 Å². The highest BCUT2D eigenvalue weighted by Gasteiger charge is 2.37. The monoisotopic (exact) mass is 511 g/mol. The molecule has 1 heterocycles. The first-order valence-electron chi connectivity index (χ1n) is 11.4. The lowest BCUT2D eigenvalue weighted by Crippen LogP contribution is -2.29. The third-order valence-electron chi connectivity index (χ3n) is 6.04. The molecular weight excluding hydrogens is 487 g/mol. The van der Waals surface area contributed by atoms with E-state index in [9.17, 15) is 27.6 Å². The van der Waals surface area contributed by atoms with Crippen LogP contribution >= 0.6 is 0 Å². The average molecular weight is 512 g/mol. The Morgan fingerprint density at radius 3 is 2.51 bits per heavy atom. The maximum absolute atomic E-state index is 13.1. The molecule has 0 aromatic heterocycles. The fraction of sp³-hybridized carbons (Fsp3) is 0.222. The van der Waals surface area contributed by atoms with E-state index in [1.807, 2.05) is 18.2 Å². The summed E-state index contributed by atoms with van der Waals surface area (Å²) in [5.74, 6) is -1.56. The number of nitrogens with one attached hydrogen (secondary N) is 2. The molecule has 0 spiro atoms. The molecule has 3 amide bonds. The van der Waals surface area contributed by atoms with Gasteiger partial charge in [0.15, 0.2) is 0 Å². The molecule has 1 saturated heterocycles. The summed E-state index contributed by atoms with van der Waals surface area (Å²) in [5, 5.41) is 5.50. The van der Waals surface area contributed by atoms with E-state index >= 15 is 0 Å². The van der Waals surface area contributed by atoms with E-state index in [4.69, 9.17) is 4.74 Å². The summed E-state index contributed by atoms with van der Waals surface area (Å²) in [4.78, 5) is 39.6. The van der Waals surface area contributed by atoms with E-state index in [0.29, 0.717) is 5.75 Å². The van der Waals surface area contributed by atoms with Crippen LogP contribution < -0.4 is 20.3 Å². The zero-order chi connectivity index (χ0) is 26.6. The molecule has 192 valence electrons. The Morgan fingerprint density at radius 1 is 1.03 bits per heavy atom. The number of para-hydroxylation sites is 2. The van der Waals surface area contributed by atoms with Crippen LogP contribution in [0.1, 0.15) is 27.9 Å². The molecule has 0 unspecified atom stereocenters. The van der Waals surface area contributed by atoms with Crippen molar-refractivity contribution in [2.24, 2.45) is 5.92 Å². The Bertz CT molecular complexity index is 1330. The van der Waals surface area contributed by atoms with Gasteiger partial charge < -0.3 is 20.3 Å². The van der Waals surface area contributed by atoms with Gasteiger partial charge in [-0.05, 0) is 36.4 Å². The van der Waals surface area contributed by atoms with Gasteiger partial charge in [-0.3, -0.25) is 14.4 Å². The zero-order valence-corrected chi connectivity index (χ0v) is 19.8. The second-order valence-electron chi connectivity index (χ2n) is 8.48. The van der Waals surface area contributed by atoms with Gasteiger partial charge in [0.2, 0.25) is 11.8 Å². The standard InChI is InChI=1S/C27H24F3N3O4/c1-37-23-12-5-2-7-17(23)15-31-26(36)21-10-3-4-11-22(21)32-25(35)18-13-24(34)33(16-18)20-9-6-8-19(14-20)27(28,29)30/h2-12,14,18H,13,15-16H2,1H3,(H,31,36)(H,32,35)/t18-/m1/s1. The molecule has 3 aromatic carbocycles. The molecule has 4 rings (SSSR count). The normalized spacial score (nSPS) is 15.4. The van der Waals surface area contributed by atoms with Crippen LogP contribution in [0.4, 0.5) is 24.5 Å². The Morgan fingerprint density at radius 2 is 1.76 bits per heavy atom. The van der Waals surface area contributed by atoms with E-state index in [1.54, 1.807) is 30.3 Å². The summed E-state index contributed by atoms with van der Waals surface area (Å²) < 4.78 is 44.5. The predicted octanol–water partition coefficient (Wildman–Crippen LogP) is 4.64. The smallest absolute Gasteiger partial charge is 0.416 e. The molecule has 1 fully saturated rings. The van der Waals surface area contributed by atoms with Crippen LogP contribution in [-0.2, 0) is 22.3 Å². The van der Waals surface area contributed by atoms with Crippen LogP contribution in [0.3, 0.4) is 0 Å². The number of carbonyl (C=O) groups is 3. The van der Waals surface area contributed by atoms with Crippen molar-refractivity contribution in [2.45, 2.75) is 19.1 Å². The van der Waals surface area contributed by atoms with E-state index in [2.05, 4.69) is 10.6 Å². The molecule has 1 aliphatic rings. The quantitative estimate of drug-likeness (QED) is 0.484. The molecule has 10 heteroatoms. The maximum atomic E-state index is 13.1. The molecule has 3 aromatic rings.